The summed E-state index contributed by atoms with van der Waals surface area (Å²) < 4.78 is 0. The van der Waals surface area contributed by atoms with Gasteiger partial charge in [-0.25, -0.2) is 4.79 Å². The molecule has 0 aliphatic carbocycles. The summed E-state index contributed by atoms with van der Waals surface area (Å²) in [5, 5.41) is 9.02. The fourth-order valence-electron chi connectivity index (χ4n) is 1.50. The van der Waals surface area contributed by atoms with Crippen LogP contribution in [0.25, 0.3) is 0 Å². The molecule has 1 aliphatic heterocycles. The van der Waals surface area contributed by atoms with Crippen LogP contribution in [0.4, 0.5) is 16.3 Å². The van der Waals surface area contributed by atoms with E-state index < -0.39 is 0 Å². The van der Waals surface area contributed by atoms with Crippen molar-refractivity contribution in [1.29, 1.82) is 0 Å². The molecule has 2 heterocycles. The highest BCUT2D eigenvalue weighted by Crippen LogP contribution is 2.15. The van der Waals surface area contributed by atoms with Crippen LogP contribution in [0.3, 0.4) is 0 Å². The van der Waals surface area contributed by atoms with E-state index in [2.05, 4.69) is 15.5 Å². The zero-order valence-electron chi connectivity index (χ0n) is 7.79. The maximum absolute atomic E-state index is 11.6. The minimum atomic E-state index is -0.113. The summed E-state index contributed by atoms with van der Waals surface area (Å²) in [6, 6.07) is -0.113. The van der Waals surface area contributed by atoms with Gasteiger partial charge in [-0.3, -0.25) is 10.4 Å². The maximum Gasteiger partial charge on any atom is 0.323 e. The first kappa shape index (κ1) is 8.86. The van der Waals surface area contributed by atoms with Gasteiger partial charge in [0.25, 0.3) is 0 Å². The van der Waals surface area contributed by atoms with Crippen molar-refractivity contribution in [3.8, 4) is 0 Å². The smallest absolute Gasteiger partial charge is 0.323 e. The Morgan fingerprint density at radius 2 is 2.29 bits per heavy atom. The van der Waals surface area contributed by atoms with Crippen molar-refractivity contribution in [3.05, 3.63) is 6.20 Å². The van der Waals surface area contributed by atoms with Crippen molar-refractivity contribution in [3.63, 3.8) is 0 Å². The molecule has 6 heteroatoms. The Hall–Kier alpha value is -1.72. The molecule has 0 aromatic carbocycles. The summed E-state index contributed by atoms with van der Waals surface area (Å²) >= 11 is 0. The van der Waals surface area contributed by atoms with Crippen molar-refractivity contribution in [2.75, 3.05) is 24.1 Å². The number of nitrogens with one attached hydrogen (secondary N) is 2. The molecular weight excluding hydrogens is 182 g/mol. The summed E-state index contributed by atoms with van der Waals surface area (Å²) in [7, 11) is 0. The number of aromatic amines is 1. The molecule has 6 nitrogen and oxygen atoms in total. The van der Waals surface area contributed by atoms with Crippen LogP contribution >= 0.6 is 0 Å². The summed E-state index contributed by atoms with van der Waals surface area (Å²) in [6.07, 6.45) is 3.62. The van der Waals surface area contributed by atoms with Crippen molar-refractivity contribution in [2.24, 2.45) is 0 Å². The number of carbonyl (C=O) groups excluding carboxylic acids is 1. The van der Waals surface area contributed by atoms with E-state index in [-0.39, 0.29) is 6.03 Å². The lowest BCUT2D eigenvalue weighted by Crippen LogP contribution is -2.32. The quantitative estimate of drug-likeness (QED) is 0.613. The van der Waals surface area contributed by atoms with Crippen LogP contribution in [0.2, 0.25) is 0 Å². The second kappa shape index (κ2) is 3.57. The monoisotopic (exact) mass is 195 g/mol. The van der Waals surface area contributed by atoms with Gasteiger partial charge in [0.05, 0.1) is 11.9 Å². The fraction of sp³-hybridized carbons (Fsp3) is 0.500. The van der Waals surface area contributed by atoms with Crippen molar-refractivity contribution in [2.45, 2.75) is 12.8 Å². The number of H-pyrrole nitrogens is 1. The molecule has 0 radical (unpaired) electrons. The van der Waals surface area contributed by atoms with E-state index in [9.17, 15) is 4.79 Å². The number of anilines is 2. The number of hydrogen-bond acceptors (Lipinski definition) is 3. The summed E-state index contributed by atoms with van der Waals surface area (Å²) in [4.78, 5) is 13.3. The number of carbonyl (C=O) groups is 1. The van der Waals surface area contributed by atoms with E-state index in [0.717, 1.165) is 25.9 Å². The molecule has 76 valence electrons. The van der Waals surface area contributed by atoms with Gasteiger partial charge in [-0.1, -0.05) is 0 Å². The van der Waals surface area contributed by atoms with E-state index in [1.54, 1.807) is 4.90 Å². The topological polar surface area (TPSA) is 87.0 Å². The molecule has 4 N–H and O–H groups in total. The molecule has 0 unspecified atom stereocenters. The average Bonchev–Trinajstić information content (AvgIpc) is 2.77. The van der Waals surface area contributed by atoms with Crippen molar-refractivity contribution < 1.29 is 4.79 Å². The normalized spacial score (nSPS) is 15.9. The maximum atomic E-state index is 11.6. The predicted molar refractivity (Wildman–Crippen MR) is 52.8 cm³/mol. The van der Waals surface area contributed by atoms with Crippen LogP contribution in [0.5, 0.6) is 0 Å². The Morgan fingerprint density at radius 1 is 1.57 bits per heavy atom. The van der Waals surface area contributed by atoms with Gasteiger partial charge in [0, 0.05) is 13.1 Å². The lowest BCUT2D eigenvalue weighted by Gasteiger charge is -2.15. The van der Waals surface area contributed by atoms with E-state index in [4.69, 9.17) is 5.73 Å². The van der Waals surface area contributed by atoms with Crippen LogP contribution in [-0.4, -0.2) is 34.2 Å². The van der Waals surface area contributed by atoms with Gasteiger partial charge in [-0.2, -0.15) is 5.10 Å². The van der Waals surface area contributed by atoms with Gasteiger partial charge in [-0.15, -0.1) is 0 Å². The SMILES string of the molecule is Nc1cn[nH]c1NC(=O)N1CCCC1. The van der Waals surface area contributed by atoms with Gasteiger partial charge >= 0.3 is 6.03 Å². The van der Waals surface area contributed by atoms with E-state index in [1.807, 2.05) is 0 Å². The largest absolute Gasteiger partial charge is 0.394 e. The highest BCUT2D eigenvalue weighted by Gasteiger charge is 2.18. The number of likely N-dealkylation sites (tertiary alicyclic amines) is 1. The summed E-state index contributed by atoms with van der Waals surface area (Å²) in [5.41, 5.74) is 6.02. The molecule has 0 atom stereocenters. The number of nitrogens with two attached hydrogens (primary N) is 1. The first-order chi connectivity index (χ1) is 6.77. The minimum absolute atomic E-state index is 0.113. The molecular formula is C8H13N5O. The zero-order chi connectivity index (χ0) is 9.97. The lowest BCUT2D eigenvalue weighted by atomic mass is 10.4. The molecule has 1 saturated heterocycles. The predicted octanol–water partition coefficient (Wildman–Crippen LogP) is 0.620. The van der Waals surface area contributed by atoms with Crippen LogP contribution in [0.1, 0.15) is 12.8 Å². The molecule has 0 spiro atoms. The van der Waals surface area contributed by atoms with E-state index >= 15 is 0 Å². The number of amides is 2. The number of nitrogen functional groups attached to an aromatic ring is 1. The Bertz CT molecular complexity index is 328. The molecule has 1 fully saturated rings. The van der Waals surface area contributed by atoms with Crippen LogP contribution in [-0.2, 0) is 0 Å². The highest BCUT2D eigenvalue weighted by molar-refractivity contribution is 5.91. The molecule has 1 aromatic heterocycles. The Balaban J connectivity index is 1.97. The van der Waals surface area contributed by atoms with Gasteiger partial charge in [0.2, 0.25) is 0 Å². The molecule has 1 aliphatic rings. The van der Waals surface area contributed by atoms with Gasteiger partial charge in [0.1, 0.15) is 0 Å². The van der Waals surface area contributed by atoms with Crippen LogP contribution < -0.4 is 11.1 Å². The average molecular weight is 195 g/mol. The van der Waals surface area contributed by atoms with Crippen LogP contribution in [0.15, 0.2) is 6.20 Å². The number of hydrogen-bond donors (Lipinski definition) is 3. The second-order valence-electron chi connectivity index (χ2n) is 3.32. The number of aromatic nitrogens is 2. The number of rotatable bonds is 1. The molecule has 2 rings (SSSR count). The second-order valence-corrected chi connectivity index (χ2v) is 3.32. The molecule has 0 bridgehead atoms. The van der Waals surface area contributed by atoms with Gasteiger partial charge < -0.3 is 10.6 Å². The minimum Gasteiger partial charge on any atom is -0.394 e. The van der Waals surface area contributed by atoms with Gasteiger partial charge in [0.15, 0.2) is 5.82 Å². The van der Waals surface area contributed by atoms with E-state index in [1.165, 1.54) is 6.20 Å². The molecule has 0 saturated carbocycles. The first-order valence-electron chi connectivity index (χ1n) is 4.62. The summed E-state index contributed by atoms with van der Waals surface area (Å²) in [6.45, 7) is 1.64. The number of urea groups is 1. The highest BCUT2D eigenvalue weighted by atomic mass is 16.2. The molecule has 1 aromatic rings. The molecule has 14 heavy (non-hydrogen) atoms. The van der Waals surface area contributed by atoms with Crippen molar-refractivity contribution in [1.82, 2.24) is 15.1 Å². The first-order valence-corrected chi connectivity index (χ1v) is 4.62. The standard InChI is InChI=1S/C8H13N5O/c9-6-5-10-12-7(6)11-8(14)13-3-1-2-4-13/h5H,1-4,9H2,(H2,10,11,12,14). The van der Waals surface area contributed by atoms with Gasteiger partial charge in [-0.05, 0) is 12.8 Å². The third kappa shape index (κ3) is 1.63. The fourth-order valence-corrected chi connectivity index (χ4v) is 1.50. The Labute approximate surface area is 81.5 Å². The third-order valence-corrected chi connectivity index (χ3v) is 2.29. The summed E-state index contributed by atoms with van der Waals surface area (Å²) in [5.74, 6) is 0.474. The Morgan fingerprint density at radius 3 is 2.86 bits per heavy atom. The lowest BCUT2D eigenvalue weighted by molar-refractivity contribution is 0.222. The van der Waals surface area contributed by atoms with E-state index in [0.29, 0.717) is 11.5 Å². The Kier molecular flexibility index (Phi) is 2.26. The van der Waals surface area contributed by atoms with Crippen molar-refractivity contribution >= 4 is 17.5 Å². The zero-order valence-corrected chi connectivity index (χ0v) is 7.79. The third-order valence-electron chi connectivity index (χ3n) is 2.29. The molecule has 2 amide bonds. The van der Waals surface area contributed by atoms with Crippen LogP contribution in [0, 0.1) is 0 Å². The number of nitrogens with zero attached hydrogens (tertiary/aromatic N) is 2.